The molecule has 2 heteroatoms. The molecule has 0 radical (unpaired) electrons. The number of fused-ring (bicyclic) bond motifs is 5. The van der Waals surface area contributed by atoms with Gasteiger partial charge in [0, 0.05) is 30.0 Å². The van der Waals surface area contributed by atoms with E-state index in [2.05, 4.69) is 94.8 Å². The zero-order valence-corrected chi connectivity index (χ0v) is 15.2. The molecule has 0 saturated carbocycles. The summed E-state index contributed by atoms with van der Waals surface area (Å²) in [5, 5.41) is 5.29. The topological polar surface area (TPSA) is 0 Å². The molecule has 0 aliphatic carbocycles. The third-order valence-corrected chi connectivity index (χ3v) is 6.40. The van der Waals surface area contributed by atoms with Crippen molar-refractivity contribution in [1.29, 1.82) is 0 Å². The highest BCUT2D eigenvalue weighted by atomic mass is 79.9. The molecule has 0 unspecified atom stereocenters. The first-order valence-corrected chi connectivity index (χ1v) is 9.52. The van der Waals surface area contributed by atoms with E-state index >= 15 is 0 Å². The van der Waals surface area contributed by atoms with E-state index in [9.17, 15) is 0 Å². The summed E-state index contributed by atoms with van der Waals surface area (Å²) in [7, 11) is 0. The Balaban J connectivity index is 2.00. The highest BCUT2D eigenvalue weighted by Gasteiger charge is 2.14. The van der Waals surface area contributed by atoms with Gasteiger partial charge in [0.25, 0.3) is 0 Å². The molecule has 0 nitrogen and oxygen atoms in total. The van der Waals surface area contributed by atoms with Crippen LogP contribution in [0.5, 0.6) is 0 Å². The summed E-state index contributed by atoms with van der Waals surface area (Å²) in [5.74, 6) is 0. The van der Waals surface area contributed by atoms with E-state index in [0.29, 0.717) is 0 Å². The minimum Gasteiger partial charge on any atom is -0.135 e. The summed E-state index contributed by atoms with van der Waals surface area (Å²) in [6.07, 6.45) is 0. The molecule has 5 rings (SSSR count). The quantitative estimate of drug-likeness (QED) is 0.276. The molecule has 4 aromatic carbocycles. The number of thiophene rings is 1. The van der Waals surface area contributed by atoms with Gasteiger partial charge in [-0.05, 0) is 28.6 Å². The van der Waals surface area contributed by atoms with Crippen molar-refractivity contribution in [3.8, 4) is 11.1 Å². The van der Waals surface area contributed by atoms with Gasteiger partial charge in [-0.3, -0.25) is 0 Å². The van der Waals surface area contributed by atoms with E-state index in [1.807, 2.05) is 11.3 Å². The Kier molecular flexibility index (Phi) is 3.22. The summed E-state index contributed by atoms with van der Waals surface area (Å²) in [6.45, 7) is 0. The monoisotopic (exact) mass is 388 g/mol. The van der Waals surface area contributed by atoms with Crippen LogP contribution in [0.2, 0.25) is 0 Å². The first kappa shape index (κ1) is 14.2. The molecule has 1 heterocycles. The average Bonchev–Trinajstić information content (AvgIpc) is 3.02. The molecule has 0 atom stereocenters. The van der Waals surface area contributed by atoms with E-state index in [1.165, 1.54) is 42.1 Å². The number of rotatable bonds is 1. The molecule has 0 N–H and O–H groups in total. The normalized spacial score (nSPS) is 11.5. The molecule has 0 spiro atoms. The fourth-order valence-electron chi connectivity index (χ4n) is 3.46. The third kappa shape index (κ3) is 2.03. The zero-order valence-electron chi connectivity index (χ0n) is 12.8. The molecule has 24 heavy (non-hydrogen) atoms. The molecule has 0 saturated heterocycles. The van der Waals surface area contributed by atoms with Gasteiger partial charge >= 0.3 is 0 Å². The first-order chi connectivity index (χ1) is 11.8. The number of benzene rings is 4. The predicted molar refractivity (Wildman–Crippen MR) is 110 cm³/mol. The summed E-state index contributed by atoms with van der Waals surface area (Å²) < 4.78 is 3.87. The van der Waals surface area contributed by atoms with Crippen molar-refractivity contribution in [3.05, 3.63) is 83.3 Å². The largest absolute Gasteiger partial charge is 0.135 e. The second-order valence-corrected chi connectivity index (χ2v) is 7.83. The molecular weight excluding hydrogens is 376 g/mol. The fourth-order valence-corrected chi connectivity index (χ4v) is 5.28. The molecule has 114 valence electrons. The fraction of sp³-hybridized carbons (Fsp3) is 0. The molecule has 0 fully saturated rings. The van der Waals surface area contributed by atoms with Crippen molar-refractivity contribution in [2.45, 2.75) is 0 Å². The third-order valence-electron chi connectivity index (χ3n) is 4.54. The summed E-state index contributed by atoms with van der Waals surface area (Å²) >= 11 is 5.66. The lowest BCUT2D eigenvalue weighted by Gasteiger charge is -2.06. The van der Waals surface area contributed by atoms with Gasteiger partial charge in [0.15, 0.2) is 0 Å². The maximum Gasteiger partial charge on any atom is 0.0434 e. The molecule has 0 aliphatic rings. The van der Waals surface area contributed by atoms with Crippen molar-refractivity contribution in [3.63, 3.8) is 0 Å². The summed E-state index contributed by atoms with van der Waals surface area (Å²) in [4.78, 5) is 0. The van der Waals surface area contributed by atoms with Crippen molar-refractivity contribution >= 4 is 58.2 Å². The van der Waals surface area contributed by atoms with E-state index < -0.39 is 0 Å². The highest BCUT2D eigenvalue weighted by Crippen LogP contribution is 2.44. The van der Waals surface area contributed by atoms with Gasteiger partial charge in [-0.25, -0.2) is 0 Å². The molecule has 0 aliphatic heterocycles. The second-order valence-electron chi connectivity index (χ2n) is 5.93. The molecule has 0 amide bonds. The van der Waals surface area contributed by atoms with Crippen molar-refractivity contribution in [1.82, 2.24) is 0 Å². The Morgan fingerprint density at radius 2 is 1.42 bits per heavy atom. The minimum absolute atomic E-state index is 1.16. The minimum atomic E-state index is 1.16. The lowest BCUT2D eigenvalue weighted by atomic mass is 9.98. The van der Waals surface area contributed by atoms with Crippen LogP contribution in [0.1, 0.15) is 0 Å². The van der Waals surface area contributed by atoms with Crippen molar-refractivity contribution < 1.29 is 0 Å². The van der Waals surface area contributed by atoms with Crippen LogP contribution < -0.4 is 0 Å². The van der Waals surface area contributed by atoms with Crippen LogP contribution in [0.4, 0.5) is 0 Å². The molecule has 1 aromatic heterocycles. The van der Waals surface area contributed by atoms with Crippen molar-refractivity contribution in [2.75, 3.05) is 0 Å². The molecular formula is C22H13BrS. The smallest absolute Gasteiger partial charge is 0.0434 e. The van der Waals surface area contributed by atoms with Crippen molar-refractivity contribution in [2.24, 2.45) is 0 Å². The first-order valence-electron chi connectivity index (χ1n) is 7.91. The number of halogens is 1. The van der Waals surface area contributed by atoms with Crippen LogP contribution in [0.3, 0.4) is 0 Å². The lowest BCUT2D eigenvalue weighted by molar-refractivity contribution is 1.67. The van der Waals surface area contributed by atoms with Crippen LogP contribution >= 0.6 is 27.3 Å². The van der Waals surface area contributed by atoms with E-state index in [4.69, 9.17) is 0 Å². The average molecular weight is 389 g/mol. The standard InChI is InChI=1S/C22H13BrS/c23-19-13-18-21-15(14-7-2-1-3-8-14)11-6-12-20(21)24-22(18)17-10-5-4-9-16(17)19/h1-13H. The Bertz CT molecular complexity index is 1200. The van der Waals surface area contributed by atoms with Gasteiger partial charge in [-0.1, -0.05) is 82.7 Å². The van der Waals surface area contributed by atoms with Crippen LogP contribution in [0.15, 0.2) is 83.3 Å². The van der Waals surface area contributed by atoms with Crippen LogP contribution in [-0.2, 0) is 0 Å². The summed E-state index contributed by atoms with van der Waals surface area (Å²) in [6, 6.07) is 28.2. The van der Waals surface area contributed by atoms with Gasteiger partial charge < -0.3 is 0 Å². The van der Waals surface area contributed by atoms with Gasteiger partial charge in [0.1, 0.15) is 0 Å². The maximum absolute atomic E-state index is 3.77. The number of hydrogen-bond acceptors (Lipinski definition) is 1. The Hall–Kier alpha value is -2.16. The zero-order chi connectivity index (χ0) is 16.1. The second kappa shape index (κ2) is 5.44. The lowest BCUT2D eigenvalue weighted by Crippen LogP contribution is -1.80. The van der Waals surface area contributed by atoms with Gasteiger partial charge in [-0.15, -0.1) is 11.3 Å². The maximum atomic E-state index is 3.77. The summed E-state index contributed by atoms with van der Waals surface area (Å²) in [5.41, 5.74) is 2.58. The molecule has 5 aromatic rings. The van der Waals surface area contributed by atoms with Gasteiger partial charge in [0.05, 0.1) is 0 Å². The highest BCUT2D eigenvalue weighted by molar-refractivity contribution is 9.10. The van der Waals surface area contributed by atoms with Crippen LogP contribution in [0.25, 0.3) is 42.1 Å². The van der Waals surface area contributed by atoms with E-state index in [1.54, 1.807) is 0 Å². The SMILES string of the molecule is Brc1cc2c(sc3cccc(-c4ccccc4)c32)c2ccccc12. The predicted octanol–water partition coefficient (Wildman–Crippen LogP) is 7.64. The Labute approximate surface area is 152 Å². The number of hydrogen-bond donors (Lipinski definition) is 0. The van der Waals surface area contributed by atoms with Gasteiger partial charge in [-0.2, -0.15) is 0 Å². The van der Waals surface area contributed by atoms with Crippen LogP contribution in [-0.4, -0.2) is 0 Å². The van der Waals surface area contributed by atoms with Crippen LogP contribution in [0, 0.1) is 0 Å². The molecule has 0 bridgehead atoms. The Morgan fingerprint density at radius 3 is 2.25 bits per heavy atom. The van der Waals surface area contributed by atoms with Gasteiger partial charge in [0.2, 0.25) is 0 Å². The van der Waals surface area contributed by atoms with E-state index in [0.717, 1.165) is 4.47 Å². The Morgan fingerprint density at radius 1 is 0.667 bits per heavy atom. The van der Waals surface area contributed by atoms with E-state index in [-0.39, 0.29) is 0 Å².